The summed E-state index contributed by atoms with van der Waals surface area (Å²) >= 11 is 0. The summed E-state index contributed by atoms with van der Waals surface area (Å²) in [6.45, 7) is 2.69. The highest BCUT2D eigenvalue weighted by atomic mass is 19.4. The summed E-state index contributed by atoms with van der Waals surface area (Å²) < 4.78 is 37.3. The summed E-state index contributed by atoms with van der Waals surface area (Å²) in [5, 5.41) is 8.69. The highest BCUT2D eigenvalue weighted by Gasteiger charge is 2.33. The molecule has 1 heterocycles. The number of aliphatic hydroxyl groups is 1. The van der Waals surface area contributed by atoms with Crippen LogP contribution in [0.5, 0.6) is 0 Å². The average Bonchev–Trinajstić information content (AvgIpc) is 2.29. The maximum absolute atomic E-state index is 12.4. The Labute approximate surface area is 97.1 Å². The van der Waals surface area contributed by atoms with Crippen LogP contribution in [0.1, 0.15) is 19.0 Å². The molecule has 4 nitrogen and oxygen atoms in total. The van der Waals surface area contributed by atoms with Gasteiger partial charge in [0.1, 0.15) is 5.69 Å². The third-order valence-electron chi connectivity index (χ3n) is 2.18. The third kappa shape index (κ3) is 3.85. The Morgan fingerprint density at radius 3 is 2.65 bits per heavy atom. The number of hydrogen-bond donors (Lipinski definition) is 1. The van der Waals surface area contributed by atoms with Gasteiger partial charge in [0, 0.05) is 25.9 Å². The van der Waals surface area contributed by atoms with Gasteiger partial charge in [-0.1, -0.05) is 0 Å². The van der Waals surface area contributed by atoms with Crippen LogP contribution < -0.4 is 4.90 Å². The summed E-state index contributed by atoms with van der Waals surface area (Å²) in [5.41, 5.74) is -0.954. The van der Waals surface area contributed by atoms with Crippen LogP contribution in [-0.4, -0.2) is 34.8 Å². The molecule has 0 fully saturated rings. The molecule has 1 aromatic heterocycles. The van der Waals surface area contributed by atoms with Gasteiger partial charge in [-0.3, -0.25) is 0 Å². The zero-order valence-electron chi connectivity index (χ0n) is 9.41. The van der Waals surface area contributed by atoms with Crippen LogP contribution in [0.15, 0.2) is 12.3 Å². The van der Waals surface area contributed by atoms with Gasteiger partial charge in [0.2, 0.25) is 5.95 Å². The zero-order chi connectivity index (χ0) is 12.9. The normalized spacial score (nSPS) is 11.6. The second kappa shape index (κ2) is 5.81. The predicted molar refractivity (Wildman–Crippen MR) is 56.6 cm³/mol. The molecule has 0 atom stereocenters. The van der Waals surface area contributed by atoms with Gasteiger partial charge in [0.15, 0.2) is 0 Å². The van der Waals surface area contributed by atoms with Crippen molar-refractivity contribution in [1.82, 2.24) is 9.97 Å². The Kier molecular flexibility index (Phi) is 4.68. The molecule has 0 unspecified atom stereocenters. The number of halogens is 3. The Morgan fingerprint density at radius 2 is 2.12 bits per heavy atom. The van der Waals surface area contributed by atoms with Gasteiger partial charge in [-0.2, -0.15) is 13.2 Å². The number of rotatable bonds is 5. The molecular formula is C10H14F3N3O. The van der Waals surface area contributed by atoms with Crippen LogP contribution in [0.2, 0.25) is 0 Å². The first-order valence-electron chi connectivity index (χ1n) is 5.25. The van der Waals surface area contributed by atoms with Gasteiger partial charge in [-0.25, -0.2) is 9.97 Å². The van der Waals surface area contributed by atoms with Crippen molar-refractivity contribution in [3.05, 3.63) is 18.0 Å². The van der Waals surface area contributed by atoms with Crippen LogP contribution in [0.4, 0.5) is 19.1 Å². The van der Waals surface area contributed by atoms with E-state index < -0.39 is 11.9 Å². The van der Waals surface area contributed by atoms with E-state index >= 15 is 0 Å². The van der Waals surface area contributed by atoms with Gasteiger partial charge < -0.3 is 10.0 Å². The summed E-state index contributed by atoms with van der Waals surface area (Å²) in [5.74, 6) is 0.0378. The highest BCUT2D eigenvalue weighted by molar-refractivity contribution is 5.30. The molecule has 0 aliphatic carbocycles. The molecule has 7 heteroatoms. The monoisotopic (exact) mass is 249 g/mol. The minimum absolute atomic E-state index is 0.0184. The molecule has 0 saturated carbocycles. The molecule has 17 heavy (non-hydrogen) atoms. The fraction of sp³-hybridized carbons (Fsp3) is 0.600. The van der Waals surface area contributed by atoms with Crippen molar-refractivity contribution in [2.24, 2.45) is 0 Å². The van der Waals surface area contributed by atoms with Gasteiger partial charge in [-0.15, -0.1) is 0 Å². The number of anilines is 1. The lowest BCUT2D eigenvalue weighted by molar-refractivity contribution is -0.141. The van der Waals surface area contributed by atoms with Gasteiger partial charge in [0.25, 0.3) is 0 Å². The standard InChI is InChI=1S/C10H14F3N3O/c1-2-16(6-3-7-17)9-14-5-4-8(15-9)10(11,12)13/h4-5,17H,2-3,6-7H2,1H3. The number of aliphatic hydroxyl groups excluding tert-OH is 1. The fourth-order valence-electron chi connectivity index (χ4n) is 1.32. The molecule has 0 bridgehead atoms. The maximum atomic E-state index is 12.4. The predicted octanol–water partition coefficient (Wildman–Crippen LogP) is 1.70. The van der Waals surface area contributed by atoms with Crippen LogP contribution in [0, 0.1) is 0 Å². The number of nitrogens with zero attached hydrogens (tertiary/aromatic N) is 3. The Hall–Kier alpha value is -1.37. The molecule has 0 amide bonds. The van der Waals surface area contributed by atoms with E-state index in [4.69, 9.17) is 5.11 Å². The van der Waals surface area contributed by atoms with E-state index in [9.17, 15) is 13.2 Å². The third-order valence-corrected chi connectivity index (χ3v) is 2.18. The molecule has 0 aliphatic rings. The Morgan fingerprint density at radius 1 is 1.41 bits per heavy atom. The molecule has 96 valence electrons. The lowest BCUT2D eigenvalue weighted by Gasteiger charge is -2.20. The highest BCUT2D eigenvalue weighted by Crippen LogP contribution is 2.28. The Balaban J connectivity index is 2.89. The molecule has 0 aromatic carbocycles. The van der Waals surface area contributed by atoms with E-state index in [2.05, 4.69) is 9.97 Å². The number of hydrogen-bond acceptors (Lipinski definition) is 4. The van der Waals surface area contributed by atoms with Crippen molar-refractivity contribution in [3.8, 4) is 0 Å². The lowest BCUT2D eigenvalue weighted by Crippen LogP contribution is -2.27. The van der Waals surface area contributed by atoms with Crippen LogP contribution in [-0.2, 0) is 6.18 Å². The SMILES string of the molecule is CCN(CCCO)c1nccc(C(F)(F)F)n1. The molecule has 0 aliphatic heterocycles. The van der Waals surface area contributed by atoms with Crippen molar-refractivity contribution >= 4 is 5.95 Å². The van der Waals surface area contributed by atoms with Crippen molar-refractivity contribution in [1.29, 1.82) is 0 Å². The molecular weight excluding hydrogens is 235 g/mol. The first-order valence-corrected chi connectivity index (χ1v) is 5.25. The first-order chi connectivity index (χ1) is 7.99. The molecule has 0 radical (unpaired) electrons. The van der Waals surface area contributed by atoms with Crippen LogP contribution in [0.25, 0.3) is 0 Å². The van der Waals surface area contributed by atoms with Crippen LogP contribution >= 0.6 is 0 Å². The van der Waals surface area contributed by atoms with Crippen molar-refractivity contribution in [3.63, 3.8) is 0 Å². The van der Waals surface area contributed by atoms with Crippen molar-refractivity contribution < 1.29 is 18.3 Å². The quantitative estimate of drug-likeness (QED) is 0.863. The summed E-state index contributed by atoms with van der Waals surface area (Å²) in [4.78, 5) is 8.88. The van der Waals surface area contributed by atoms with E-state index in [0.717, 1.165) is 12.3 Å². The molecule has 1 rings (SSSR count). The Bertz CT molecular complexity index is 357. The maximum Gasteiger partial charge on any atom is 0.433 e. The molecule has 0 saturated heterocycles. The number of aromatic nitrogens is 2. The minimum atomic E-state index is -4.46. The van der Waals surface area contributed by atoms with Gasteiger partial charge >= 0.3 is 6.18 Å². The lowest BCUT2D eigenvalue weighted by atomic mass is 10.4. The van der Waals surface area contributed by atoms with Gasteiger partial charge in [-0.05, 0) is 19.4 Å². The smallest absolute Gasteiger partial charge is 0.396 e. The molecule has 1 aromatic rings. The summed E-state index contributed by atoms with van der Waals surface area (Å²) in [6, 6.07) is 0.837. The van der Waals surface area contributed by atoms with E-state index in [1.54, 1.807) is 11.8 Å². The van der Waals surface area contributed by atoms with Crippen LogP contribution in [0.3, 0.4) is 0 Å². The first kappa shape index (κ1) is 13.7. The van der Waals surface area contributed by atoms with E-state index in [1.807, 2.05) is 0 Å². The fourth-order valence-corrected chi connectivity index (χ4v) is 1.32. The van der Waals surface area contributed by atoms with Gasteiger partial charge in [0.05, 0.1) is 0 Å². The van der Waals surface area contributed by atoms with Crippen molar-refractivity contribution in [2.75, 3.05) is 24.6 Å². The second-order valence-corrected chi connectivity index (χ2v) is 3.40. The van der Waals surface area contributed by atoms with E-state index in [0.29, 0.717) is 19.5 Å². The number of alkyl halides is 3. The molecule has 0 spiro atoms. The van der Waals surface area contributed by atoms with Crippen molar-refractivity contribution in [2.45, 2.75) is 19.5 Å². The minimum Gasteiger partial charge on any atom is -0.396 e. The largest absolute Gasteiger partial charge is 0.433 e. The summed E-state index contributed by atoms with van der Waals surface area (Å²) in [7, 11) is 0. The summed E-state index contributed by atoms with van der Waals surface area (Å²) in [6.07, 6.45) is -2.91. The van der Waals surface area contributed by atoms with E-state index in [1.165, 1.54) is 0 Å². The topological polar surface area (TPSA) is 49.2 Å². The zero-order valence-corrected chi connectivity index (χ0v) is 9.41. The van der Waals surface area contributed by atoms with E-state index in [-0.39, 0.29) is 12.6 Å². The second-order valence-electron chi connectivity index (χ2n) is 3.40. The molecule has 1 N–H and O–H groups in total. The average molecular weight is 249 g/mol.